The number of carbonyl (C=O) groups excluding carboxylic acids is 1. The number of aromatic nitrogens is 2. The highest BCUT2D eigenvalue weighted by Gasteiger charge is 2.37. The molecule has 0 saturated carbocycles. The van der Waals surface area contributed by atoms with E-state index >= 15 is 0 Å². The molecular weight excluding hydrogens is 416 g/mol. The molecule has 1 aliphatic heterocycles. The van der Waals surface area contributed by atoms with Crippen molar-refractivity contribution in [2.45, 2.75) is 19.3 Å². The molecular formula is C18H17F6N5O. The van der Waals surface area contributed by atoms with Crippen molar-refractivity contribution in [1.29, 1.82) is 0 Å². The van der Waals surface area contributed by atoms with Crippen LogP contribution in [0.25, 0.3) is 0 Å². The van der Waals surface area contributed by atoms with Gasteiger partial charge in [0.1, 0.15) is 5.82 Å². The number of hydrogen-bond acceptors (Lipinski definition) is 4. The van der Waals surface area contributed by atoms with Crippen molar-refractivity contribution < 1.29 is 31.1 Å². The van der Waals surface area contributed by atoms with Crippen LogP contribution in [0.2, 0.25) is 0 Å². The van der Waals surface area contributed by atoms with Crippen LogP contribution in [0, 0.1) is 6.92 Å². The van der Waals surface area contributed by atoms with Crippen LogP contribution in [0.5, 0.6) is 0 Å². The zero-order chi connectivity index (χ0) is 22.1. The van der Waals surface area contributed by atoms with Crippen molar-refractivity contribution in [1.82, 2.24) is 14.9 Å². The van der Waals surface area contributed by atoms with Gasteiger partial charge in [-0.2, -0.15) is 26.3 Å². The van der Waals surface area contributed by atoms with E-state index < -0.39 is 35.2 Å². The van der Waals surface area contributed by atoms with Crippen molar-refractivity contribution in [3.05, 3.63) is 47.4 Å². The molecule has 0 aliphatic carbocycles. The lowest BCUT2D eigenvalue weighted by Crippen LogP contribution is -2.50. The minimum absolute atomic E-state index is 0.0116. The van der Waals surface area contributed by atoms with Crippen LogP contribution in [-0.2, 0) is 12.4 Å². The molecule has 1 saturated heterocycles. The first kappa shape index (κ1) is 21.7. The smallest absolute Gasteiger partial charge is 0.352 e. The number of nitrogens with zero attached hydrogens (tertiary/aromatic N) is 4. The maximum Gasteiger partial charge on any atom is 0.416 e. The second-order valence-corrected chi connectivity index (χ2v) is 6.66. The predicted octanol–water partition coefficient (Wildman–Crippen LogP) is 4.18. The van der Waals surface area contributed by atoms with E-state index in [1.807, 2.05) is 4.90 Å². The van der Waals surface area contributed by atoms with Gasteiger partial charge in [-0.3, -0.25) is 4.98 Å². The highest BCUT2D eigenvalue weighted by atomic mass is 19.4. The number of carbonyl (C=O) groups is 1. The molecule has 12 heteroatoms. The van der Waals surface area contributed by atoms with Crippen LogP contribution in [0.1, 0.15) is 16.8 Å². The first-order valence-corrected chi connectivity index (χ1v) is 8.83. The third-order valence-electron chi connectivity index (χ3n) is 4.56. The summed E-state index contributed by atoms with van der Waals surface area (Å²) in [6.45, 7) is 3.00. The van der Waals surface area contributed by atoms with Crippen LogP contribution in [0.3, 0.4) is 0 Å². The van der Waals surface area contributed by atoms with Crippen LogP contribution < -0.4 is 10.2 Å². The van der Waals surface area contributed by atoms with Gasteiger partial charge in [-0.1, -0.05) is 0 Å². The molecule has 0 bridgehead atoms. The Morgan fingerprint density at radius 1 is 0.900 bits per heavy atom. The Kier molecular flexibility index (Phi) is 5.77. The molecule has 1 N–H and O–H groups in total. The van der Waals surface area contributed by atoms with E-state index in [9.17, 15) is 31.1 Å². The summed E-state index contributed by atoms with van der Waals surface area (Å²) in [6.07, 6.45) is -6.89. The van der Waals surface area contributed by atoms with Gasteiger partial charge >= 0.3 is 18.4 Å². The standard InChI is InChI=1S/C18H17F6N5O/c1-11-15(26-3-2-25-11)28-4-6-29(7-5-28)16(30)27-14-9-12(17(19,20)21)8-13(10-14)18(22,23)24/h2-3,8-10H,4-7H2,1H3,(H,27,30). The van der Waals surface area contributed by atoms with E-state index in [-0.39, 0.29) is 19.2 Å². The maximum atomic E-state index is 13.0. The van der Waals surface area contributed by atoms with Crippen molar-refractivity contribution in [3.8, 4) is 0 Å². The molecule has 6 nitrogen and oxygen atoms in total. The van der Waals surface area contributed by atoms with Crippen molar-refractivity contribution in [2.75, 3.05) is 36.4 Å². The minimum atomic E-state index is -4.99. The number of piperazine rings is 1. The maximum absolute atomic E-state index is 13.0. The van der Waals surface area contributed by atoms with Gasteiger partial charge in [0.05, 0.1) is 16.8 Å². The van der Waals surface area contributed by atoms with E-state index in [2.05, 4.69) is 15.3 Å². The third kappa shape index (κ3) is 4.92. The van der Waals surface area contributed by atoms with E-state index in [0.29, 0.717) is 36.7 Å². The lowest BCUT2D eigenvalue weighted by molar-refractivity contribution is -0.143. The molecule has 2 heterocycles. The van der Waals surface area contributed by atoms with Crippen LogP contribution in [0.15, 0.2) is 30.6 Å². The molecule has 1 aromatic heterocycles. The Balaban J connectivity index is 1.71. The number of halogens is 6. The predicted molar refractivity (Wildman–Crippen MR) is 96.0 cm³/mol. The largest absolute Gasteiger partial charge is 0.416 e. The number of amides is 2. The van der Waals surface area contributed by atoms with Gasteiger partial charge in [0.2, 0.25) is 0 Å². The Labute approximate surface area is 167 Å². The average molecular weight is 433 g/mol. The SMILES string of the molecule is Cc1nccnc1N1CCN(C(=O)Nc2cc(C(F)(F)F)cc(C(F)(F)F)c2)CC1. The summed E-state index contributed by atoms with van der Waals surface area (Å²) in [6, 6.07) is 0.189. The molecule has 0 atom stereocenters. The number of hydrogen-bond donors (Lipinski definition) is 1. The fourth-order valence-corrected chi connectivity index (χ4v) is 3.06. The molecule has 0 unspecified atom stereocenters. The molecule has 2 amide bonds. The molecule has 0 radical (unpaired) electrons. The Morgan fingerprint density at radius 2 is 1.43 bits per heavy atom. The monoisotopic (exact) mass is 433 g/mol. The number of alkyl halides is 6. The summed E-state index contributed by atoms with van der Waals surface area (Å²) < 4.78 is 77.7. The first-order chi connectivity index (χ1) is 13.9. The topological polar surface area (TPSA) is 61.4 Å². The van der Waals surface area contributed by atoms with E-state index in [1.165, 1.54) is 11.1 Å². The first-order valence-electron chi connectivity index (χ1n) is 8.83. The molecule has 1 aliphatic rings. The van der Waals surface area contributed by atoms with Gasteiger partial charge in [0, 0.05) is 44.3 Å². The van der Waals surface area contributed by atoms with Gasteiger partial charge in [0.15, 0.2) is 0 Å². The lowest BCUT2D eigenvalue weighted by Gasteiger charge is -2.35. The average Bonchev–Trinajstić information content (AvgIpc) is 2.67. The highest BCUT2D eigenvalue weighted by molar-refractivity contribution is 5.89. The molecule has 1 fully saturated rings. The Morgan fingerprint density at radius 3 is 1.93 bits per heavy atom. The number of anilines is 2. The zero-order valence-electron chi connectivity index (χ0n) is 15.7. The van der Waals surface area contributed by atoms with Crippen molar-refractivity contribution >= 4 is 17.5 Å². The van der Waals surface area contributed by atoms with E-state index in [0.717, 1.165) is 0 Å². The molecule has 2 aromatic rings. The Hall–Kier alpha value is -3.05. The van der Waals surface area contributed by atoms with Gasteiger partial charge in [-0.25, -0.2) is 9.78 Å². The van der Waals surface area contributed by atoms with E-state index in [1.54, 1.807) is 13.1 Å². The van der Waals surface area contributed by atoms with Gasteiger partial charge in [0.25, 0.3) is 0 Å². The molecule has 3 rings (SSSR count). The van der Waals surface area contributed by atoms with Gasteiger partial charge in [-0.05, 0) is 25.1 Å². The number of rotatable bonds is 2. The quantitative estimate of drug-likeness (QED) is 0.722. The van der Waals surface area contributed by atoms with Crippen LogP contribution >= 0.6 is 0 Å². The van der Waals surface area contributed by atoms with E-state index in [4.69, 9.17) is 0 Å². The molecule has 30 heavy (non-hydrogen) atoms. The van der Waals surface area contributed by atoms with Gasteiger partial charge in [-0.15, -0.1) is 0 Å². The van der Waals surface area contributed by atoms with Gasteiger partial charge < -0.3 is 15.1 Å². The molecule has 0 spiro atoms. The molecule has 162 valence electrons. The number of aryl methyl sites for hydroxylation is 1. The van der Waals surface area contributed by atoms with Crippen molar-refractivity contribution in [3.63, 3.8) is 0 Å². The fourth-order valence-electron chi connectivity index (χ4n) is 3.06. The second-order valence-electron chi connectivity index (χ2n) is 6.66. The Bertz CT molecular complexity index is 890. The number of nitrogens with one attached hydrogen (secondary N) is 1. The summed E-state index contributed by atoms with van der Waals surface area (Å²) in [7, 11) is 0. The lowest BCUT2D eigenvalue weighted by atomic mass is 10.1. The van der Waals surface area contributed by atoms with Crippen LogP contribution in [0.4, 0.5) is 42.6 Å². The zero-order valence-corrected chi connectivity index (χ0v) is 15.7. The normalized spacial score (nSPS) is 15.3. The summed E-state index contributed by atoms with van der Waals surface area (Å²) >= 11 is 0. The highest BCUT2D eigenvalue weighted by Crippen LogP contribution is 2.37. The second kappa shape index (κ2) is 8.00. The third-order valence-corrected chi connectivity index (χ3v) is 4.56. The molecule has 1 aromatic carbocycles. The van der Waals surface area contributed by atoms with Crippen molar-refractivity contribution in [2.24, 2.45) is 0 Å². The summed E-state index contributed by atoms with van der Waals surface area (Å²) in [5, 5.41) is 2.14. The summed E-state index contributed by atoms with van der Waals surface area (Å²) in [5.41, 5.74) is -2.85. The fraction of sp³-hybridized carbons (Fsp3) is 0.389. The number of benzene rings is 1. The summed E-state index contributed by atoms with van der Waals surface area (Å²) in [5.74, 6) is 0.658. The number of urea groups is 1. The van der Waals surface area contributed by atoms with Crippen LogP contribution in [-0.4, -0.2) is 47.1 Å². The minimum Gasteiger partial charge on any atom is -0.352 e. The summed E-state index contributed by atoms with van der Waals surface area (Å²) in [4.78, 5) is 24.0.